The number of aromatic nitrogens is 2. The lowest BCUT2D eigenvalue weighted by atomic mass is 10.0. The van der Waals surface area contributed by atoms with Crippen molar-refractivity contribution in [1.29, 1.82) is 0 Å². The average molecular weight is 298 g/mol. The monoisotopic (exact) mass is 298 g/mol. The predicted molar refractivity (Wildman–Crippen MR) is 70.0 cm³/mol. The third kappa shape index (κ3) is 3.29. The van der Waals surface area contributed by atoms with Crippen LogP contribution in [0.4, 0.5) is 13.2 Å². The topological polar surface area (TPSA) is 63.1 Å². The van der Waals surface area contributed by atoms with E-state index in [0.717, 1.165) is 11.6 Å². The van der Waals surface area contributed by atoms with Crippen LogP contribution >= 0.6 is 0 Å². The molecule has 0 aliphatic carbocycles. The van der Waals surface area contributed by atoms with Crippen molar-refractivity contribution in [1.82, 2.24) is 9.97 Å². The number of pyridine rings is 2. The molecule has 0 aromatic carbocycles. The van der Waals surface area contributed by atoms with Gasteiger partial charge in [-0.2, -0.15) is 13.2 Å². The van der Waals surface area contributed by atoms with E-state index in [0.29, 0.717) is 17.7 Å². The minimum atomic E-state index is -4.83. The van der Waals surface area contributed by atoms with Crippen molar-refractivity contribution in [3.05, 3.63) is 35.2 Å². The highest BCUT2D eigenvalue weighted by atomic mass is 19.4. The summed E-state index contributed by atoms with van der Waals surface area (Å²) in [5, 5.41) is 9.23. The molecule has 0 unspecified atom stereocenters. The molecular weight excluding hydrogens is 285 g/mol. The Morgan fingerprint density at radius 3 is 2.52 bits per heavy atom. The Hall–Kier alpha value is -2.18. The molecule has 21 heavy (non-hydrogen) atoms. The molecule has 2 aromatic rings. The van der Waals surface area contributed by atoms with Crippen LogP contribution in [-0.4, -0.2) is 21.0 Å². The third-order valence-corrected chi connectivity index (χ3v) is 2.87. The number of hydrogen-bond donors (Lipinski definition) is 1. The van der Waals surface area contributed by atoms with Crippen LogP contribution in [-0.2, 0) is 12.6 Å². The van der Waals surface area contributed by atoms with Crippen LogP contribution in [0.15, 0.2) is 18.3 Å². The van der Waals surface area contributed by atoms with E-state index in [1.54, 1.807) is 6.07 Å². The van der Waals surface area contributed by atoms with Gasteiger partial charge >= 0.3 is 12.1 Å². The van der Waals surface area contributed by atoms with Crippen molar-refractivity contribution >= 4 is 17.0 Å². The molecule has 0 bridgehead atoms. The molecule has 0 saturated carbocycles. The van der Waals surface area contributed by atoms with Crippen LogP contribution in [0.25, 0.3) is 11.0 Å². The van der Waals surface area contributed by atoms with Gasteiger partial charge in [-0.25, -0.2) is 14.8 Å². The maximum atomic E-state index is 12.8. The Labute approximate surface area is 118 Å². The van der Waals surface area contributed by atoms with Crippen molar-refractivity contribution in [2.75, 3.05) is 0 Å². The minimum absolute atomic E-state index is 0.111. The predicted octanol–water partition coefficient (Wildman–Crippen LogP) is 3.55. The number of halogens is 3. The maximum absolute atomic E-state index is 12.8. The molecule has 0 amide bonds. The molecule has 0 aliphatic rings. The Kier molecular flexibility index (Phi) is 3.85. The first-order chi connectivity index (χ1) is 9.68. The summed E-state index contributed by atoms with van der Waals surface area (Å²) in [4.78, 5) is 18.3. The lowest BCUT2D eigenvalue weighted by Gasteiger charge is -2.11. The largest absolute Gasteiger partial charge is 0.478 e. The quantitative estimate of drug-likeness (QED) is 0.941. The third-order valence-electron chi connectivity index (χ3n) is 2.87. The van der Waals surface area contributed by atoms with Gasteiger partial charge in [-0.15, -0.1) is 0 Å². The molecule has 2 heterocycles. The number of hydrogen-bond acceptors (Lipinski definition) is 3. The zero-order chi connectivity index (χ0) is 15.8. The molecule has 0 saturated heterocycles. The molecule has 2 rings (SSSR count). The van der Waals surface area contributed by atoms with Crippen molar-refractivity contribution in [3.63, 3.8) is 0 Å². The summed E-state index contributed by atoms with van der Waals surface area (Å²) >= 11 is 0. The number of carboxylic acid groups (broad SMARTS) is 1. The second kappa shape index (κ2) is 5.31. The van der Waals surface area contributed by atoms with Crippen molar-refractivity contribution in [3.8, 4) is 0 Å². The number of nitrogens with zero attached hydrogens (tertiary/aromatic N) is 2. The van der Waals surface area contributed by atoms with Crippen LogP contribution in [0.5, 0.6) is 0 Å². The second-order valence-electron chi connectivity index (χ2n) is 5.18. The van der Waals surface area contributed by atoms with E-state index in [1.807, 2.05) is 13.8 Å². The summed E-state index contributed by atoms with van der Waals surface area (Å²) in [6, 6.07) is 2.60. The van der Waals surface area contributed by atoms with Gasteiger partial charge in [0.1, 0.15) is 0 Å². The van der Waals surface area contributed by atoms with E-state index in [-0.39, 0.29) is 5.65 Å². The lowest BCUT2D eigenvalue weighted by molar-refractivity contribution is -0.141. The summed E-state index contributed by atoms with van der Waals surface area (Å²) in [6.07, 6.45) is -2.66. The van der Waals surface area contributed by atoms with Gasteiger partial charge in [-0.05, 0) is 30.0 Å². The fourth-order valence-corrected chi connectivity index (χ4v) is 2.07. The van der Waals surface area contributed by atoms with Crippen molar-refractivity contribution < 1.29 is 23.1 Å². The summed E-state index contributed by atoms with van der Waals surface area (Å²) < 4.78 is 38.5. The lowest BCUT2D eigenvalue weighted by Crippen LogP contribution is -2.15. The highest BCUT2D eigenvalue weighted by Crippen LogP contribution is 2.32. The summed E-state index contributed by atoms with van der Waals surface area (Å²) in [5.74, 6) is -1.31. The van der Waals surface area contributed by atoms with Gasteiger partial charge in [0.2, 0.25) is 0 Å². The van der Waals surface area contributed by atoms with E-state index < -0.39 is 23.4 Å². The number of carboxylic acids is 1. The summed E-state index contributed by atoms with van der Waals surface area (Å²) in [6.45, 7) is 4.00. The Bertz CT molecular complexity index is 696. The molecule has 112 valence electrons. The van der Waals surface area contributed by atoms with Crippen LogP contribution < -0.4 is 0 Å². The van der Waals surface area contributed by atoms with Gasteiger partial charge in [-0.3, -0.25) is 0 Å². The van der Waals surface area contributed by atoms with Gasteiger partial charge in [0.25, 0.3) is 0 Å². The molecule has 0 fully saturated rings. The van der Waals surface area contributed by atoms with Gasteiger partial charge in [0.15, 0.2) is 11.3 Å². The molecule has 2 aromatic heterocycles. The van der Waals surface area contributed by atoms with E-state index in [4.69, 9.17) is 5.11 Å². The number of rotatable bonds is 3. The number of aromatic carboxylic acids is 1. The van der Waals surface area contributed by atoms with E-state index >= 15 is 0 Å². The normalized spacial score (nSPS) is 12.1. The number of alkyl halides is 3. The van der Waals surface area contributed by atoms with Crippen LogP contribution in [0.3, 0.4) is 0 Å². The first-order valence-corrected chi connectivity index (χ1v) is 6.28. The summed E-state index contributed by atoms with van der Waals surface area (Å²) in [5.41, 5.74) is -1.57. The molecule has 7 heteroatoms. The number of fused-ring (bicyclic) bond motifs is 1. The van der Waals surface area contributed by atoms with Crippen LogP contribution in [0.1, 0.15) is 35.5 Å². The fraction of sp³-hybridized carbons (Fsp3) is 0.357. The second-order valence-corrected chi connectivity index (χ2v) is 5.18. The van der Waals surface area contributed by atoms with Gasteiger partial charge < -0.3 is 5.11 Å². The first-order valence-electron chi connectivity index (χ1n) is 6.28. The molecule has 0 aliphatic heterocycles. The minimum Gasteiger partial charge on any atom is -0.478 e. The van der Waals surface area contributed by atoms with Crippen LogP contribution in [0.2, 0.25) is 0 Å². The van der Waals surface area contributed by atoms with Crippen molar-refractivity contribution in [2.45, 2.75) is 26.4 Å². The molecule has 4 nitrogen and oxygen atoms in total. The molecule has 0 radical (unpaired) electrons. The number of carbonyl (C=O) groups is 1. The molecule has 0 spiro atoms. The zero-order valence-electron chi connectivity index (χ0n) is 11.4. The Morgan fingerprint density at radius 1 is 1.33 bits per heavy atom. The maximum Gasteiger partial charge on any atom is 0.434 e. The average Bonchev–Trinajstić information content (AvgIpc) is 2.35. The van der Waals surface area contributed by atoms with E-state index in [9.17, 15) is 18.0 Å². The SMILES string of the molecule is CC(C)Cc1cnc2nc(C(F)(F)F)c(C(=O)O)cc2c1. The molecule has 0 atom stereocenters. The van der Waals surface area contributed by atoms with Gasteiger partial charge in [-0.1, -0.05) is 13.8 Å². The van der Waals surface area contributed by atoms with E-state index in [2.05, 4.69) is 9.97 Å². The zero-order valence-corrected chi connectivity index (χ0v) is 11.4. The molecular formula is C14H13F3N2O2. The Balaban J connectivity index is 2.64. The van der Waals surface area contributed by atoms with Gasteiger partial charge in [0, 0.05) is 11.6 Å². The fourth-order valence-electron chi connectivity index (χ4n) is 2.07. The standard InChI is InChI=1S/C14H13F3N2O2/c1-7(2)3-8-4-9-5-10(13(20)21)11(14(15,16)17)19-12(9)18-6-8/h4-7H,3H2,1-2H3,(H,20,21). The van der Waals surface area contributed by atoms with E-state index in [1.165, 1.54) is 6.20 Å². The smallest absolute Gasteiger partial charge is 0.434 e. The van der Waals surface area contributed by atoms with Gasteiger partial charge in [0.05, 0.1) is 5.56 Å². The highest BCUT2D eigenvalue weighted by molar-refractivity contribution is 5.93. The summed E-state index contributed by atoms with van der Waals surface area (Å²) in [7, 11) is 0. The van der Waals surface area contributed by atoms with Crippen molar-refractivity contribution in [2.24, 2.45) is 5.92 Å². The first kappa shape index (κ1) is 15.2. The van der Waals surface area contributed by atoms with Crippen LogP contribution in [0, 0.1) is 5.92 Å². The highest BCUT2D eigenvalue weighted by Gasteiger charge is 2.38. The molecule has 1 N–H and O–H groups in total. The Morgan fingerprint density at radius 2 is 2.00 bits per heavy atom.